The minimum atomic E-state index is -0.669. The minimum Gasteiger partial charge on any atom is -0.507 e. The molecule has 0 aliphatic carbocycles. The summed E-state index contributed by atoms with van der Waals surface area (Å²) in [5.41, 5.74) is 2.14. The van der Waals surface area contributed by atoms with Crippen LogP contribution in [0, 0.1) is 6.92 Å². The lowest BCUT2D eigenvalue weighted by atomic mass is 9.94. The molecule has 8 heteroatoms. The van der Waals surface area contributed by atoms with Crippen LogP contribution in [-0.4, -0.2) is 77.6 Å². The molecule has 2 aliphatic rings. The van der Waals surface area contributed by atoms with Crippen LogP contribution in [0.1, 0.15) is 48.9 Å². The number of carbonyl (C=O) groups excluding carboxylic acids is 2. The number of rotatable bonds is 10. The standard InChI is InChI=1S/C28H35N3O5/c1-3-4-16-36-22-6-7-23(20(2)19-22)26(32)24-25(21-8-10-29-11-9-21)31(28(34)27(24)33)13-5-12-30-14-17-35-18-15-30/h6-11,19,25,32H,3-5,12-18H2,1-2H3. The highest BCUT2D eigenvalue weighted by atomic mass is 16.5. The van der Waals surface area contributed by atoms with E-state index in [0.717, 1.165) is 50.0 Å². The smallest absolute Gasteiger partial charge is 0.295 e. The van der Waals surface area contributed by atoms with Crippen LogP contribution in [0.5, 0.6) is 5.75 Å². The molecule has 4 rings (SSSR count). The summed E-state index contributed by atoms with van der Waals surface area (Å²) < 4.78 is 11.2. The normalized spacial score (nSPS) is 20.2. The highest BCUT2D eigenvalue weighted by Gasteiger charge is 2.46. The monoisotopic (exact) mass is 493 g/mol. The number of morpholine rings is 1. The number of nitrogens with zero attached hydrogens (tertiary/aromatic N) is 3. The maximum absolute atomic E-state index is 13.3. The fraction of sp³-hybridized carbons (Fsp3) is 0.464. The number of aryl methyl sites for hydroxylation is 1. The van der Waals surface area contributed by atoms with E-state index in [1.54, 1.807) is 41.6 Å². The van der Waals surface area contributed by atoms with E-state index in [-0.39, 0.29) is 11.3 Å². The number of amides is 1. The molecule has 1 atom stereocenters. The first-order valence-electron chi connectivity index (χ1n) is 12.7. The van der Waals surface area contributed by atoms with Gasteiger partial charge in [0.2, 0.25) is 0 Å². The Hall–Kier alpha value is -3.23. The first-order chi connectivity index (χ1) is 17.5. The number of hydrogen-bond acceptors (Lipinski definition) is 7. The summed E-state index contributed by atoms with van der Waals surface area (Å²) in [5.74, 6) is -0.698. The molecular formula is C28H35N3O5. The number of likely N-dealkylation sites (tertiary alicyclic amines) is 1. The largest absolute Gasteiger partial charge is 0.507 e. The SMILES string of the molecule is CCCCOc1ccc(C(O)=C2C(=O)C(=O)N(CCCN3CCOCC3)C2c2ccncc2)c(C)c1. The maximum atomic E-state index is 13.3. The van der Waals surface area contributed by atoms with Crippen LogP contribution in [0.25, 0.3) is 5.76 Å². The van der Waals surface area contributed by atoms with Crippen molar-refractivity contribution in [3.05, 3.63) is 65.0 Å². The van der Waals surface area contributed by atoms with Crippen LogP contribution in [-0.2, 0) is 14.3 Å². The molecule has 2 fully saturated rings. The van der Waals surface area contributed by atoms with Crippen LogP contribution < -0.4 is 4.74 Å². The third-order valence-electron chi connectivity index (χ3n) is 6.76. The highest BCUT2D eigenvalue weighted by Crippen LogP contribution is 2.40. The summed E-state index contributed by atoms with van der Waals surface area (Å²) in [4.78, 5) is 34.4. The van der Waals surface area contributed by atoms with Crippen molar-refractivity contribution >= 4 is 17.4 Å². The molecule has 0 saturated carbocycles. The van der Waals surface area contributed by atoms with E-state index in [1.807, 2.05) is 13.0 Å². The molecule has 2 saturated heterocycles. The topological polar surface area (TPSA) is 92.2 Å². The number of ketones is 1. The van der Waals surface area contributed by atoms with Crippen molar-refractivity contribution in [3.63, 3.8) is 0 Å². The van der Waals surface area contributed by atoms with Gasteiger partial charge < -0.3 is 19.5 Å². The number of carbonyl (C=O) groups is 2. The van der Waals surface area contributed by atoms with E-state index < -0.39 is 17.7 Å². The Labute approximate surface area is 212 Å². The molecule has 1 amide bonds. The molecule has 0 spiro atoms. The molecule has 1 aromatic heterocycles. The van der Waals surface area contributed by atoms with E-state index >= 15 is 0 Å². The Kier molecular flexibility index (Phi) is 8.72. The Morgan fingerprint density at radius 3 is 2.56 bits per heavy atom. The van der Waals surface area contributed by atoms with Gasteiger partial charge in [0.25, 0.3) is 11.7 Å². The van der Waals surface area contributed by atoms with Gasteiger partial charge in [-0.15, -0.1) is 0 Å². The number of aliphatic hydroxyl groups excluding tert-OH is 1. The second-order valence-corrected chi connectivity index (χ2v) is 9.26. The fourth-order valence-electron chi connectivity index (χ4n) is 4.76. The number of benzene rings is 1. The molecule has 0 radical (unpaired) electrons. The molecule has 2 aliphatic heterocycles. The van der Waals surface area contributed by atoms with Crippen LogP contribution in [0.3, 0.4) is 0 Å². The number of hydrogen-bond donors (Lipinski definition) is 1. The second kappa shape index (κ2) is 12.1. The Morgan fingerprint density at radius 2 is 1.86 bits per heavy atom. The highest BCUT2D eigenvalue weighted by molar-refractivity contribution is 6.46. The van der Waals surface area contributed by atoms with E-state index in [4.69, 9.17) is 9.47 Å². The van der Waals surface area contributed by atoms with Crippen molar-refractivity contribution in [2.75, 3.05) is 46.0 Å². The van der Waals surface area contributed by atoms with Crippen LogP contribution in [0.4, 0.5) is 0 Å². The van der Waals surface area contributed by atoms with Crippen molar-refractivity contribution in [2.24, 2.45) is 0 Å². The quantitative estimate of drug-likeness (QED) is 0.233. The zero-order chi connectivity index (χ0) is 25.5. The first-order valence-corrected chi connectivity index (χ1v) is 12.7. The van der Waals surface area contributed by atoms with Crippen molar-refractivity contribution in [1.82, 2.24) is 14.8 Å². The minimum absolute atomic E-state index is 0.111. The fourth-order valence-corrected chi connectivity index (χ4v) is 4.76. The zero-order valence-corrected chi connectivity index (χ0v) is 21.1. The van der Waals surface area contributed by atoms with Gasteiger partial charge in [-0.2, -0.15) is 0 Å². The summed E-state index contributed by atoms with van der Waals surface area (Å²) in [6, 6.07) is 8.30. The van der Waals surface area contributed by atoms with Gasteiger partial charge in [0, 0.05) is 44.1 Å². The second-order valence-electron chi connectivity index (χ2n) is 9.26. The van der Waals surface area contributed by atoms with Gasteiger partial charge in [0.1, 0.15) is 11.5 Å². The predicted octanol–water partition coefficient (Wildman–Crippen LogP) is 3.71. The summed E-state index contributed by atoms with van der Waals surface area (Å²) in [6.07, 6.45) is 5.99. The van der Waals surface area contributed by atoms with Gasteiger partial charge in [-0.05, 0) is 61.2 Å². The van der Waals surface area contributed by atoms with Gasteiger partial charge in [-0.3, -0.25) is 19.5 Å². The number of ether oxygens (including phenoxy) is 2. The van der Waals surface area contributed by atoms with Crippen molar-refractivity contribution in [3.8, 4) is 5.75 Å². The summed E-state index contributed by atoms with van der Waals surface area (Å²) in [7, 11) is 0. The van der Waals surface area contributed by atoms with E-state index in [1.165, 1.54) is 0 Å². The van der Waals surface area contributed by atoms with Gasteiger partial charge in [-0.1, -0.05) is 13.3 Å². The van der Waals surface area contributed by atoms with E-state index in [9.17, 15) is 14.7 Å². The lowest BCUT2D eigenvalue weighted by Crippen LogP contribution is -2.38. The molecule has 0 bridgehead atoms. The zero-order valence-electron chi connectivity index (χ0n) is 21.1. The third kappa shape index (κ3) is 5.77. The third-order valence-corrected chi connectivity index (χ3v) is 6.76. The molecule has 36 heavy (non-hydrogen) atoms. The van der Waals surface area contributed by atoms with E-state index in [0.29, 0.717) is 37.7 Å². The molecular weight excluding hydrogens is 458 g/mol. The molecule has 8 nitrogen and oxygen atoms in total. The van der Waals surface area contributed by atoms with E-state index in [2.05, 4.69) is 16.8 Å². The summed E-state index contributed by atoms with van der Waals surface area (Å²) >= 11 is 0. The molecule has 1 aromatic carbocycles. The van der Waals surface area contributed by atoms with Crippen molar-refractivity contribution in [2.45, 2.75) is 39.2 Å². The van der Waals surface area contributed by atoms with Crippen LogP contribution in [0.2, 0.25) is 0 Å². The van der Waals surface area contributed by atoms with Gasteiger partial charge in [0.15, 0.2) is 0 Å². The number of aromatic nitrogens is 1. The summed E-state index contributed by atoms with van der Waals surface area (Å²) in [5, 5.41) is 11.4. The number of Topliss-reactive ketones (excluding diaryl/α,β-unsaturated/α-hetero) is 1. The van der Waals surface area contributed by atoms with Crippen LogP contribution in [0.15, 0.2) is 48.3 Å². The van der Waals surface area contributed by atoms with Gasteiger partial charge in [-0.25, -0.2) is 0 Å². The lowest BCUT2D eigenvalue weighted by molar-refractivity contribution is -0.140. The van der Waals surface area contributed by atoms with Crippen LogP contribution >= 0.6 is 0 Å². The molecule has 3 heterocycles. The molecule has 192 valence electrons. The number of unbranched alkanes of at least 4 members (excludes halogenated alkanes) is 1. The Morgan fingerprint density at radius 1 is 1.11 bits per heavy atom. The van der Waals surface area contributed by atoms with Crippen molar-refractivity contribution in [1.29, 1.82) is 0 Å². The molecule has 1 unspecified atom stereocenters. The molecule has 2 aromatic rings. The first kappa shape index (κ1) is 25.9. The molecule has 1 N–H and O–H groups in total. The van der Waals surface area contributed by atoms with Gasteiger partial charge >= 0.3 is 0 Å². The Bertz CT molecular complexity index is 1100. The lowest BCUT2D eigenvalue weighted by Gasteiger charge is -2.29. The maximum Gasteiger partial charge on any atom is 0.295 e. The summed E-state index contributed by atoms with van der Waals surface area (Å²) in [6.45, 7) is 8.97. The number of pyridine rings is 1. The Balaban J connectivity index is 1.62. The predicted molar refractivity (Wildman–Crippen MR) is 137 cm³/mol. The average molecular weight is 494 g/mol. The number of aliphatic hydroxyl groups is 1. The van der Waals surface area contributed by atoms with Gasteiger partial charge in [0.05, 0.1) is 31.4 Å². The average Bonchev–Trinajstić information content (AvgIpc) is 3.15. The van der Waals surface area contributed by atoms with Crippen molar-refractivity contribution < 1.29 is 24.2 Å².